The number of halogens is 2. The van der Waals surface area contributed by atoms with Gasteiger partial charge >= 0.3 is 82.9 Å². The fourth-order valence-electron chi connectivity index (χ4n) is 1.10. The van der Waals surface area contributed by atoms with E-state index >= 15 is 0 Å². The summed E-state index contributed by atoms with van der Waals surface area (Å²) in [7, 11) is 0. The Morgan fingerprint density at radius 3 is 2.55 bits per heavy atom. The molecule has 0 N–H and O–H groups in total. The van der Waals surface area contributed by atoms with Gasteiger partial charge in [-0.15, -0.1) is 0 Å². The van der Waals surface area contributed by atoms with Gasteiger partial charge in [0.1, 0.15) is 0 Å². The van der Waals surface area contributed by atoms with E-state index in [9.17, 15) is 0 Å². The molecule has 3 heteroatoms. The van der Waals surface area contributed by atoms with Crippen molar-refractivity contribution in [1.29, 1.82) is 0 Å². The average Bonchev–Trinajstić information content (AvgIpc) is 2.29. The zero-order valence-electron chi connectivity index (χ0n) is 5.63. The summed E-state index contributed by atoms with van der Waals surface area (Å²) in [6.45, 7) is 0. The van der Waals surface area contributed by atoms with E-state index in [4.69, 9.17) is 0 Å². The van der Waals surface area contributed by atoms with E-state index < -0.39 is 13.8 Å². The summed E-state index contributed by atoms with van der Waals surface area (Å²) in [5, 5.41) is 0. The van der Waals surface area contributed by atoms with Crippen LogP contribution in [-0.4, -0.2) is 13.8 Å². The van der Waals surface area contributed by atoms with Crippen LogP contribution in [0.2, 0.25) is 0 Å². The van der Waals surface area contributed by atoms with Crippen LogP contribution in [-0.2, 0) is 0 Å². The first-order chi connectivity index (χ1) is 5.20. The van der Waals surface area contributed by atoms with Gasteiger partial charge < -0.3 is 0 Å². The normalized spacial score (nSPS) is 21.3. The second-order valence-electron chi connectivity index (χ2n) is 2.35. The van der Waals surface area contributed by atoms with E-state index in [1.165, 1.54) is 9.17 Å². The van der Waals surface area contributed by atoms with E-state index in [0.29, 0.717) is 0 Å². The maximum absolute atomic E-state index is 3.76. The third-order valence-corrected chi connectivity index (χ3v) is 13.3. The van der Waals surface area contributed by atoms with Crippen LogP contribution < -0.4 is 3.61 Å². The molecule has 0 saturated carbocycles. The molecular weight excluding hydrogens is 383 g/mol. The molecule has 1 aliphatic heterocycles. The van der Waals surface area contributed by atoms with E-state index in [1.807, 2.05) is 0 Å². The molecule has 0 unspecified atom stereocenters. The first kappa shape index (κ1) is 8.31. The van der Waals surface area contributed by atoms with Gasteiger partial charge in [-0.25, -0.2) is 0 Å². The molecule has 0 radical (unpaired) electrons. The fourth-order valence-corrected chi connectivity index (χ4v) is 9.85. The van der Waals surface area contributed by atoms with Crippen molar-refractivity contribution in [3.63, 3.8) is 0 Å². The summed E-state index contributed by atoms with van der Waals surface area (Å²) in [5.74, 6) is 0. The van der Waals surface area contributed by atoms with Gasteiger partial charge in [-0.2, -0.15) is 0 Å². The SMILES string of the molecule is Br[Te]1(Br)C=Cc2ccccc21. The molecule has 0 atom stereocenters. The van der Waals surface area contributed by atoms with Gasteiger partial charge in [0.05, 0.1) is 0 Å². The third-order valence-electron chi connectivity index (χ3n) is 1.63. The maximum atomic E-state index is 3.76. The summed E-state index contributed by atoms with van der Waals surface area (Å²) in [4.78, 5) is 0. The van der Waals surface area contributed by atoms with Crippen molar-refractivity contribution in [2.24, 2.45) is 0 Å². The molecule has 1 heterocycles. The first-order valence-electron chi connectivity index (χ1n) is 3.20. The van der Waals surface area contributed by atoms with Crippen LogP contribution >= 0.6 is 25.5 Å². The molecular formula is C8H6Br2Te. The van der Waals surface area contributed by atoms with E-state index in [-0.39, 0.29) is 0 Å². The zero-order chi connectivity index (χ0) is 7.90. The molecule has 0 amide bonds. The molecule has 0 nitrogen and oxygen atoms in total. The molecule has 0 aliphatic carbocycles. The van der Waals surface area contributed by atoms with Crippen molar-refractivity contribution in [3.05, 3.63) is 34.0 Å². The first-order valence-corrected chi connectivity index (χ1v) is 16.2. The molecule has 0 aromatic heterocycles. The molecule has 0 fully saturated rings. The summed E-state index contributed by atoms with van der Waals surface area (Å²) in [6, 6.07) is 8.52. The summed E-state index contributed by atoms with van der Waals surface area (Å²) in [6.07, 6.45) is 2.19. The standard InChI is InChI=1S/C8H6Br2Te/c9-11(10)6-5-7-3-1-2-4-8(7)11/h1-6H. The molecule has 1 aromatic carbocycles. The summed E-state index contributed by atoms with van der Waals surface area (Å²) < 4.78 is 3.75. The fraction of sp³-hybridized carbons (Fsp3) is 0. The molecule has 0 saturated heterocycles. The molecule has 1 aromatic rings. The number of hydrogen-bond acceptors (Lipinski definition) is 0. The van der Waals surface area contributed by atoms with Crippen LogP contribution in [0.3, 0.4) is 0 Å². The zero-order valence-corrected chi connectivity index (χ0v) is 11.1. The third kappa shape index (κ3) is 1.45. The van der Waals surface area contributed by atoms with Gasteiger partial charge in [0, 0.05) is 0 Å². The van der Waals surface area contributed by atoms with Crippen molar-refractivity contribution in [2.45, 2.75) is 0 Å². The Morgan fingerprint density at radius 1 is 1.09 bits per heavy atom. The molecule has 0 spiro atoms. The number of fused-ring (bicyclic) bond motifs is 1. The van der Waals surface area contributed by atoms with Crippen LogP contribution in [0, 0.1) is 0 Å². The predicted molar refractivity (Wildman–Crippen MR) is 58.7 cm³/mol. The van der Waals surface area contributed by atoms with Crippen molar-refractivity contribution in [1.82, 2.24) is 0 Å². The Morgan fingerprint density at radius 2 is 1.82 bits per heavy atom. The second kappa shape index (κ2) is 2.88. The number of hydrogen-bond donors (Lipinski definition) is 0. The van der Waals surface area contributed by atoms with E-state index in [0.717, 1.165) is 0 Å². The topological polar surface area (TPSA) is 0 Å². The second-order valence-corrected chi connectivity index (χ2v) is 26.8. The van der Waals surface area contributed by atoms with Gasteiger partial charge in [0.25, 0.3) is 0 Å². The Balaban J connectivity index is 2.64. The summed E-state index contributed by atoms with van der Waals surface area (Å²) >= 11 is 5.49. The Labute approximate surface area is 82.1 Å². The average molecular weight is 390 g/mol. The van der Waals surface area contributed by atoms with Crippen molar-refractivity contribution >= 4 is 49.0 Å². The summed E-state index contributed by atoms with van der Waals surface area (Å²) in [5.41, 5.74) is 1.36. The number of benzene rings is 1. The Bertz CT molecular complexity index is 318. The van der Waals surface area contributed by atoms with Gasteiger partial charge in [0.2, 0.25) is 0 Å². The van der Waals surface area contributed by atoms with Crippen LogP contribution in [0.1, 0.15) is 5.56 Å². The van der Waals surface area contributed by atoms with Gasteiger partial charge in [-0.3, -0.25) is 0 Å². The number of rotatable bonds is 0. The molecule has 1 aliphatic rings. The monoisotopic (exact) mass is 390 g/mol. The van der Waals surface area contributed by atoms with Gasteiger partial charge in [-0.05, 0) is 0 Å². The quantitative estimate of drug-likeness (QED) is 0.599. The molecule has 2 rings (SSSR count). The van der Waals surface area contributed by atoms with E-state index in [1.54, 1.807) is 0 Å². The predicted octanol–water partition coefficient (Wildman–Crippen LogP) is 2.69. The van der Waals surface area contributed by atoms with Crippen LogP contribution in [0.4, 0.5) is 0 Å². The van der Waals surface area contributed by atoms with E-state index in [2.05, 4.69) is 60.0 Å². The van der Waals surface area contributed by atoms with Crippen molar-refractivity contribution < 1.29 is 0 Å². The molecule has 58 valence electrons. The van der Waals surface area contributed by atoms with Gasteiger partial charge in [0.15, 0.2) is 0 Å². The molecule has 11 heavy (non-hydrogen) atoms. The van der Waals surface area contributed by atoms with Crippen LogP contribution in [0.5, 0.6) is 0 Å². The van der Waals surface area contributed by atoms with Crippen molar-refractivity contribution in [3.8, 4) is 0 Å². The Kier molecular flexibility index (Phi) is 2.18. The Hall–Kier alpha value is 0.710. The van der Waals surface area contributed by atoms with Crippen LogP contribution in [0.25, 0.3) is 6.08 Å². The minimum absolute atomic E-state index is 1.36. The van der Waals surface area contributed by atoms with Crippen molar-refractivity contribution in [2.75, 3.05) is 0 Å². The van der Waals surface area contributed by atoms with Crippen LogP contribution in [0.15, 0.2) is 28.4 Å². The van der Waals surface area contributed by atoms with Gasteiger partial charge in [-0.1, -0.05) is 0 Å². The minimum atomic E-state index is -2.03. The molecule has 0 bridgehead atoms.